The molecule has 2 aromatic carbocycles. The van der Waals surface area contributed by atoms with Gasteiger partial charge in [0.1, 0.15) is 17.3 Å². The molecule has 1 aromatic heterocycles. The Bertz CT molecular complexity index is 1110. The Morgan fingerprint density at radius 2 is 1.33 bits per heavy atom. The standard InChI is InChI=1S/C31H41N3O2/c1-2-3-4-5-6-7-8-12-19-29-32-30(25-17-13-14-18-27(25)35)34-31(33-29)26-22-24(20-21-28(26)36)23-15-10-9-11-16-23/h13-14,17-18,20-23,35-36H,2-12,15-16,19H2,1H3. The van der Waals surface area contributed by atoms with Crippen molar-refractivity contribution in [3.05, 3.63) is 53.9 Å². The number of nitrogens with zero attached hydrogens (tertiary/aromatic N) is 3. The Hall–Kier alpha value is -2.95. The highest BCUT2D eigenvalue weighted by molar-refractivity contribution is 5.69. The number of hydrogen-bond acceptors (Lipinski definition) is 5. The topological polar surface area (TPSA) is 79.1 Å². The first kappa shape index (κ1) is 26.1. The van der Waals surface area contributed by atoms with Gasteiger partial charge in [-0.1, -0.05) is 89.3 Å². The average molecular weight is 488 g/mol. The van der Waals surface area contributed by atoms with Crippen molar-refractivity contribution < 1.29 is 10.2 Å². The molecule has 0 spiro atoms. The summed E-state index contributed by atoms with van der Waals surface area (Å²) >= 11 is 0. The zero-order chi connectivity index (χ0) is 25.2. The van der Waals surface area contributed by atoms with Gasteiger partial charge in [-0.05, 0) is 55.0 Å². The fraction of sp³-hybridized carbons (Fsp3) is 0.516. The van der Waals surface area contributed by atoms with Crippen LogP contribution in [0.1, 0.15) is 108 Å². The van der Waals surface area contributed by atoms with Gasteiger partial charge in [-0.15, -0.1) is 0 Å². The molecule has 36 heavy (non-hydrogen) atoms. The zero-order valence-corrected chi connectivity index (χ0v) is 21.8. The predicted octanol–water partition coefficient (Wildman–Crippen LogP) is 8.35. The van der Waals surface area contributed by atoms with E-state index in [0.717, 1.165) is 19.3 Å². The third kappa shape index (κ3) is 7.05. The second-order valence-corrected chi connectivity index (χ2v) is 10.3. The van der Waals surface area contributed by atoms with Crippen LogP contribution in [0, 0.1) is 0 Å². The summed E-state index contributed by atoms with van der Waals surface area (Å²) in [6.45, 7) is 2.25. The van der Waals surface area contributed by atoms with Gasteiger partial charge in [-0.2, -0.15) is 0 Å². The Balaban J connectivity index is 1.57. The molecule has 0 aliphatic heterocycles. The summed E-state index contributed by atoms with van der Waals surface area (Å²) in [7, 11) is 0. The molecule has 0 atom stereocenters. The van der Waals surface area contributed by atoms with Gasteiger partial charge < -0.3 is 10.2 Å². The van der Waals surface area contributed by atoms with Crippen molar-refractivity contribution in [3.8, 4) is 34.3 Å². The van der Waals surface area contributed by atoms with Gasteiger partial charge in [-0.25, -0.2) is 15.0 Å². The molecule has 5 heteroatoms. The highest BCUT2D eigenvalue weighted by Crippen LogP contribution is 2.37. The molecule has 4 rings (SSSR count). The van der Waals surface area contributed by atoms with Gasteiger partial charge >= 0.3 is 0 Å². The van der Waals surface area contributed by atoms with Crippen LogP contribution < -0.4 is 0 Å². The molecule has 0 radical (unpaired) electrons. The third-order valence-corrected chi connectivity index (χ3v) is 7.42. The number of hydrogen-bond donors (Lipinski definition) is 2. The summed E-state index contributed by atoms with van der Waals surface area (Å²) in [5, 5.41) is 21.2. The van der Waals surface area contributed by atoms with E-state index in [1.54, 1.807) is 18.2 Å². The zero-order valence-electron chi connectivity index (χ0n) is 21.8. The largest absolute Gasteiger partial charge is 0.507 e. The molecule has 192 valence electrons. The Labute approximate surface area is 216 Å². The monoisotopic (exact) mass is 487 g/mol. The molecule has 0 unspecified atom stereocenters. The Kier molecular flexibility index (Phi) is 9.71. The normalized spacial score (nSPS) is 14.2. The number of phenols is 2. The highest BCUT2D eigenvalue weighted by Gasteiger charge is 2.20. The number of aromatic hydroxyl groups is 2. The smallest absolute Gasteiger partial charge is 0.167 e. The van der Waals surface area contributed by atoms with Crippen molar-refractivity contribution in [1.29, 1.82) is 0 Å². The second-order valence-electron chi connectivity index (χ2n) is 10.3. The number of benzene rings is 2. The fourth-order valence-corrected chi connectivity index (χ4v) is 5.27. The third-order valence-electron chi connectivity index (χ3n) is 7.42. The molecule has 2 N–H and O–H groups in total. The molecule has 0 bridgehead atoms. The van der Waals surface area contributed by atoms with E-state index >= 15 is 0 Å². The lowest BCUT2D eigenvalue weighted by Crippen LogP contribution is -2.06. The van der Waals surface area contributed by atoms with E-state index in [1.807, 2.05) is 18.2 Å². The van der Waals surface area contributed by atoms with Crippen molar-refractivity contribution in [3.63, 3.8) is 0 Å². The summed E-state index contributed by atoms with van der Waals surface area (Å²) in [6.07, 6.45) is 16.9. The number of unbranched alkanes of at least 4 members (excludes halogenated alkanes) is 7. The fourth-order valence-electron chi connectivity index (χ4n) is 5.27. The molecule has 1 heterocycles. The minimum Gasteiger partial charge on any atom is -0.507 e. The van der Waals surface area contributed by atoms with Crippen molar-refractivity contribution >= 4 is 0 Å². The number of para-hydroxylation sites is 1. The molecule has 0 amide bonds. The van der Waals surface area contributed by atoms with E-state index in [2.05, 4.69) is 13.0 Å². The lowest BCUT2D eigenvalue weighted by molar-refractivity contribution is 0.442. The van der Waals surface area contributed by atoms with Crippen LogP contribution in [0.15, 0.2) is 42.5 Å². The van der Waals surface area contributed by atoms with E-state index in [9.17, 15) is 10.2 Å². The molecule has 0 saturated heterocycles. The SMILES string of the molecule is CCCCCCCCCCc1nc(-c2ccccc2O)nc(-c2cc(C3CCCCC3)ccc2O)n1. The average Bonchev–Trinajstić information content (AvgIpc) is 2.91. The van der Waals surface area contributed by atoms with E-state index in [1.165, 1.54) is 76.2 Å². The van der Waals surface area contributed by atoms with Crippen LogP contribution in [0.4, 0.5) is 0 Å². The van der Waals surface area contributed by atoms with Crippen molar-refractivity contribution in [1.82, 2.24) is 15.0 Å². The maximum atomic E-state index is 10.8. The van der Waals surface area contributed by atoms with Crippen LogP contribution in [0.2, 0.25) is 0 Å². The van der Waals surface area contributed by atoms with E-state index in [-0.39, 0.29) is 11.5 Å². The quantitative estimate of drug-likeness (QED) is 0.251. The highest BCUT2D eigenvalue weighted by atomic mass is 16.3. The molecular formula is C31H41N3O2. The van der Waals surface area contributed by atoms with Crippen LogP contribution >= 0.6 is 0 Å². The van der Waals surface area contributed by atoms with Gasteiger partial charge in [0.25, 0.3) is 0 Å². The first-order chi connectivity index (χ1) is 17.7. The van der Waals surface area contributed by atoms with E-state index in [0.29, 0.717) is 34.5 Å². The number of aryl methyl sites for hydroxylation is 1. The minimum atomic E-state index is 0.146. The molecule has 3 aromatic rings. The molecule has 1 aliphatic rings. The minimum absolute atomic E-state index is 0.146. The Morgan fingerprint density at radius 3 is 2.06 bits per heavy atom. The van der Waals surface area contributed by atoms with Gasteiger partial charge in [0.15, 0.2) is 11.6 Å². The predicted molar refractivity (Wildman–Crippen MR) is 146 cm³/mol. The first-order valence-electron chi connectivity index (χ1n) is 14.0. The molecular weight excluding hydrogens is 446 g/mol. The van der Waals surface area contributed by atoms with Crippen LogP contribution in [-0.2, 0) is 6.42 Å². The van der Waals surface area contributed by atoms with E-state index < -0.39 is 0 Å². The lowest BCUT2D eigenvalue weighted by Gasteiger charge is -2.22. The summed E-state index contributed by atoms with van der Waals surface area (Å²) in [6, 6.07) is 13.0. The Morgan fingerprint density at radius 1 is 0.694 bits per heavy atom. The maximum Gasteiger partial charge on any atom is 0.167 e. The van der Waals surface area contributed by atoms with Crippen LogP contribution in [-0.4, -0.2) is 25.2 Å². The lowest BCUT2D eigenvalue weighted by atomic mass is 9.83. The number of phenolic OH excluding ortho intramolecular Hbond substituents is 2. The summed E-state index contributed by atoms with van der Waals surface area (Å²) in [5.41, 5.74) is 2.48. The summed E-state index contributed by atoms with van der Waals surface area (Å²) < 4.78 is 0. The van der Waals surface area contributed by atoms with E-state index in [4.69, 9.17) is 15.0 Å². The maximum absolute atomic E-state index is 10.8. The second kappa shape index (κ2) is 13.4. The summed E-state index contributed by atoms with van der Waals surface area (Å²) in [5.74, 6) is 2.50. The van der Waals surface area contributed by atoms with Gasteiger partial charge in [0, 0.05) is 6.42 Å². The van der Waals surface area contributed by atoms with Crippen LogP contribution in [0.5, 0.6) is 11.5 Å². The first-order valence-corrected chi connectivity index (χ1v) is 14.0. The van der Waals surface area contributed by atoms with Crippen LogP contribution in [0.25, 0.3) is 22.8 Å². The number of rotatable bonds is 12. The van der Waals surface area contributed by atoms with Crippen molar-refractivity contribution in [2.75, 3.05) is 0 Å². The van der Waals surface area contributed by atoms with Gasteiger partial charge in [-0.3, -0.25) is 0 Å². The molecule has 1 saturated carbocycles. The van der Waals surface area contributed by atoms with Gasteiger partial charge in [0.2, 0.25) is 0 Å². The van der Waals surface area contributed by atoms with Crippen molar-refractivity contribution in [2.24, 2.45) is 0 Å². The summed E-state index contributed by atoms with van der Waals surface area (Å²) in [4.78, 5) is 14.3. The molecule has 1 fully saturated rings. The van der Waals surface area contributed by atoms with Crippen molar-refractivity contribution in [2.45, 2.75) is 103 Å². The molecule has 1 aliphatic carbocycles. The van der Waals surface area contributed by atoms with Crippen LogP contribution in [0.3, 0.4) is 0 Å². The molecule has 5 nitrogen and oxygen atoms in total. The number of aromatic nitrogens is 3. The van der Waals surface area contributed by atoms with Gasteiger partial charge in [0.05, 0.1) is 11.1 Å².